The van der Waals surface area contributed by atoms with Crippen molar-refractivity contribution in [3.63, 3.8) is 0 Å². The van der Waals surface area contributed by atoms with Crippen molar-refractivity contribution in [1.29, 1.82) is 0 Å². The molecule has 2 aliphatic rings. The largest absolute Gasteiger partial charge is 0.395 e. The zero-order chi connectivity index (χ0) is 11.4. The predicted octanol–water partition coefficient (Wildman–Crippen LogP) is -0.263. The van der Waals surface area contributed by atoms with E-state index in [-0.39, 0.29) is 12.6 Å². The van der Waals surface area contributed by atoms with Gasteiger partial charge in [0.25, 0.3) is 0 Å². The normalized spacial score (nSPS) is 30.0. The van der Waals surface area contributed by atoms with Crippen LogP contribution in [-0.2, 0) is 0 Å². The minimum Gasteiger partial charge on any atom is -0.395 e. The van der Waals surface area contributed by atoms with Gasteiger partial charge in [-0.1, -0.05) is 0 Å². The van der Waals surface area contributed by atoms with Crippen LogP contribution in [-0.4, -0.2) is 73.4 Å². The molecule has 0 saturated carbocycles. The van der Waals surface area contributed by atoms with Crippen LogP contribution in [0.5, 0.6) is 0 Å². The summed E-state index contributed by atoms with van der Waals surface area (Å²) < 4.78 is 0. The second kappa shape index (κ2) is 5.96. The first-order chi connectivity index (χ1) is 7.83. The van der Waals surface area contributed by atoms with Gasteiger partial charge in [-0.2, -0.15) is 0 Å². The Morgan fingerprint density at radius 3 is 2.69 bits per heavy atom. The monoisotopic (exact) mass is 227 g/mol. The molecule has 4 heteroatoms. The highest BCUT2D eigenvalue weighted by atomic mass is 16.3. The first-order valence-electron chi connectivity index (χ1n) is 6.58. The summed E-state index contributed by atoms with van der Waals surface area (Å²) in [5, 5.41) is 12.3. The number of nitrogens with zero attached hydrogens (tertiary/aromatic N) is 2. The fraction of sp³-hybridized carbons (Fsp3) is 1.00. The molecule has 0 amide bonds. The Morgan fingerprint density at radius 2 is 2.06 bits per heavy atom. The summed E-state index contributed by atoms with van der Waals surface area (Å²) in [5.41, 5.74) is 0. The molecule has 0 radical (unpaired) electrons. The van der Waals surface area contributed by atoms with E-state index in [9.17, 15) is 0 Å². The van der Waals surface area contributed by atoms with E-state index in [2.05, 4.69) is 15.1 Å². The van der Waals surface area contributed by atoms with Gasteiger partial charge in [-0.3, -0.25) is 4.90 Å². The van der Waals surface area contributed by atoms with E-state index in [1.54, 1.807) is 0 Å². The Hall–Kier alpha value is -0.160. The summed E-state index contributed by atoms with van der Waals surface area (Å²) in [4.78, 5) is 5.13. The van der Waals surface area contributed by atoms with Crippen LogP contribution in [0.1, 0.15) is 19.3 Å². The van der Waals surface area contributed by atoms with Gasteiger partial charge in [0.2, 0.25) is 0 Å². The van der Waals surface area contributed by atoms with Crippen molar-refractivity contribution < 1.29 is 5.11 Å². The van der Waals surface area contributed by atoms with Crippen molar-refractivity contribution in [2.75, 3.05) is 46.4 Å². The molecular weight excluding hydrogens is 202 g/mol. The molecule has 2 fully saturated rings. The van der Waals surface area contributed by atoms with Gasteiger partial charge in [-0.05, 0) is 45.9 Å². The molecule has 94 valence electrons. The highest BCUT2D eigenvalue weighted by Crippen LogP contribution is 2.20. The Morgan fingerprint density at radius 1 is 1.31 bits per heavy atom. The molecule has 2 heterocycles. The molecule has 0 aromatic carbocycles. The minimum absolute atomic E-state index is 0.234. The maximum atomic E-state index is 9.16. The maximum Gasteiger partial charge on any atom is 0.0597 e. The third-order valence-corrected chi connectivity index (χ3v) is 4.01. The number of nitrogens with one attached hydrogen (secondary N) is 1. The van der Waals surface area contributed by atoms with Gasteiger partial charge in [0.15, 0.2) is 0 Å². The summed E-state index contributed by atoms with van der Waals surface area (Å²) in [7, 11) is 1.93. The molecule has 2 N–H and O–H groups in total. The lowest BCUT2D eigenvalue weighted by molar-refractivity contribution is 0.189. The number of hydrogen-bond acceptors (Lipinski definition) is 4. The molecule has 2 atom stereocenters. The highest BCUT2D eigenvalue weighted by molar-refractivity contribution is 4.87. The Kier molecular flexibility index (Phi) is 4.58. The van der Waals surface area contributed by atoms with Crippen molar-refractivity contribution in [2.24, 2.45) is 0 Å². The lowest BCUT2D eigenvalue weighted by Crippen LogP contribution is -2.42. The Balaban J connectivity index is 1.74. The molecule has 2 aliphatic heterocycles. The van der Waals surface area contributed by atoms with E-state index in [1.807, 2.05) is 7.05 Å². The molecule has 4 nitrogen and oxygen atoms in total. The molecule has 16 heavy (non-hydrogen) atoms. The second-order valence-corrected chi connectivity index (χ2v) is 5.11. The van der Waals surface area contributed by atoms with Crippen LogP contribution in [0.3, 0.4) is 0 Å². The van der Waals surface area contributed by atoms with Crippen molar-refractivity contribution in [1.82, 2.24) is 15.1 Å². The molecule has 2 rings (SSSR count). The zero-order valence-electron chi connectivity index (χ0n) is 10.4. The summed E-state index contributed by atoms with van der Waals surface area (Å²) in [6.07, 6.45) is 4.07. The van der Waals surface area contributed by atoms with Gasteiger partial charge in [-0.25, -0.2) is 0 Å². The van der Waals surface area contributed by atoms with Crippen LogP contribution in [0.25, 0.3) is 0 Å². The topological polar surface area (TPSA) is 38.7 Å². The lowest BCUT2D eigenvalue weighted by atomic mass is 10.2. The van der Waals surface area contributed by atoms with Crippen LogP contribution in [0.4, 0.5) is 0 Å². The summed E-state index contributed by atoms with van der Waals surface area (Å²) in [6, 6.07) is 1.01. The maximum absolute atomic E-state index is 9.16. The molecule has 2 saturated heterocycles. The van der Waals surface area contributed by atoms with Gasteiger partial charge < -0.3 is 15.3 Å². The molecule has 0 aliphatic carbocycles. The van der Waals surface area contributed by atoms with E-state index in [0.29, 0.717) is 0 Å². The summed E-state index contributed by atoms with van der Waals surface area (Å²) in [6.45, 7) is 6.21. The third-order valence-electron chi connectivity index (χ3n) is 4.01. The van der Waals surface area contributed by atoms with Crippen LogP contribution in [0.15, 0.2) is 0 Å². The van der Waals surface area contributed by atoms with E-state index in [0.717, 1.165) is 12.6 Å². The average molecular weight is 227 g/mol. The van der Waals surface area contributed by atoms with E-state index >= 15 is 0 Å². The number of aliphatic hydroxyl groups is 1. The van der Waals surface area contributed by atoms with Gasteiger partial charge >= 0.3 is 0 Å². The molecule has 0 aromatic rings. The van der Waals surface area contributed by atoms with Crippen molar-refractivity contribution in [3.05, 3.63) is 0 Å². The van der Waals surface area contributed by atoms with Gasteiger partial charge in [0.05, 0.1) is 6.61 Å². The average Bonchev–Trinajstić information content (AvgIpc) is 2.96. The number of hydrogen-bond donors (Lipinski definition) is 2. The fourth-order valence-corrected chi connectivity index (χ4v) is 2.93. The minimum atomic E-state index is 0.234. The van der Waals surface area contributed by atoms with Crippen molar-refractivity contribution in [2.45, 2.75) is 31.3 Å². The highest BCUT2D eigenvalue weighted by Gasteiger charge is 2.29. The van der Waals surface area contributed by atoms with E-state index < -0.39 is 0 Å². The standard InChI is InChI=1S/C12H25N3O/c1-13-11(10-16)8-14-7-4-12(9-14)15-5-2-3-6-15/h11-13,16H,2-10H2,1H3. The molecule has 0 aromatic heterocycles. The number of aliphatic hydroxyl groups excluding tert-OH is 1. The zero-order valence-corrected chi connectivity index (χ0v) is 10.4. The molecule has 0 spiro atoms. The van der Waals surface area contributed by atoms with Crippen LogP contribution in [0.2, 0.25) is 0 Å². The van der Waals surface area contributed by atoms with Crippen molar-refractivity contribution in [3.8, 4) is 0 Å². The Labute approximate surface area is 98.6 Å². The quantitative estimate of drug-likeness (QED) is 0.678. The molecule has 2 unspecified atom stereocenters. The smallest absolute Gasteiger partial charge is 0.0597 e. The van der Waals surface area contributed by atoms with Crippen LogP contribution >= 0.6 is 0 Å². The van der Waals surface area contributed by atoms with Crippen LogP contribution < -0.4 is 5.32 Å². The first kappa shape index (κ1) is 12.3. The summed E-state index contributed by atoms with van der Waals surface area (Å²) >= 11 is 0. The third kappa shape index (κ3) is 2.94. The number of rotatable bonds is 5. The van der Waals surface area contributed by atoms with Gasteiger partial charge in [0.1, 0.15) is 0 Å². The number of likely N-dealkylation sites (N-methyl/N-ethyl adjacent to an activating group) is 1. The number of likely N-dealkylation sites (tertiary alicyclic amines) is 2. The van der Waals surface area contributed by atoms with E-state index in [1.165, 1.54) is 45.4 Å². The predicted molar refractivity (Wildman–Crippen MR) is 65.6 cm³/mol. The Bertz CT molecular complexity index is 202. The lowest BCUT2D eigenvalue weighted by Gasteiger charge is -2.25. The van der Waals surface area contributed by atoms with Gasteiger partial charge in [-0.15, -0.1) is 0 Å². The molecule has 0 bridgehead atoms. The van der Waals surface area contributed by atoms with E-state index in [4.69, 9.17) is 5.11 Å². The molecular formula is C12H25N3O. The fourth-order valence-electron chi connectivity index (χ4n) is 2.93. The SMILES string of the molecule is CNC(CO)CN1CCC(N2CCCC2)C1. The van der Waals surface area contributed by atoms with Crippen molar-refractivity contribution >= 4 is 0 Å². The first-order valence-corrected chi connectivity index (χ1v) is 6.58. The summed E-state index contributed by atoms with van der Waals surface area (Å²) in [5.74, 6) is 0. The second-order valence-electron chi connectivity index (χ2n) is 5.11. The van der Waals surface area contributed by atoms with Crippen LogP contribution in [0, 0.1) is 0 Å². The van der Waals surface area contributed by atoms with Gasteiger partial charge in [0, 0.05) is 25.2 Å².